The molecule has 28 heavy (non-hydrogen) atoms. The predicted molar refractivity (Wildman–Crippen MR) is 100 cm³/mol. The van der Waals surface area contributed by atoms with Crippen molar-refractivity contribution in [2.45, 2.75) is 25.6 Å². The topological polar surface area (TPSA) is 73.6 Å². The number of H-pyrrole nitrogens is 2. The van der Waals surface area contributed by atoms with Crippen molar-refractivity contribution >= 4 is 27.8 Å². The highest BCUT2D eigenvalue weighted by Crippen LogP contribution is 2.28. The molecule has 0 spiro atoms. The molecule has 4 rings (SSSR count). The summed E-state index contributed by atoms with van der Waals surface area (Å²) in [6.45, 7) is 1.89. The van der Waals surface area contributed by atoms with Crippen LogP contribution in [0.1, 0.15) is 28.7 Å². The van der Waals surface area contributed by atoms with Gasteiger partial charge >= 0.3 is 6.18 Å². The number of hydrogen-bond acceptors (Lipinski definition) is 2. The minimum Gasteiger partial charge on any atom is -0.361 e. The second-order valence-electron chi connectivity index (χ2n) is 6.75. The Balaban J connectivity index is 1.49. The van der Waals surface area contributed by atoms with Crippen LogP contribution in [-0.2, 0) is 12.6 Å². The van der Waals surface area contributed by atoms with Crippen molar-refractivity contribution in [2.75, 3.05) is 0 Å². The van der Waals surface area contributed by atoms with Gasteiger partial charge in [-0.2, -0.15) is 13.2 Å². The minimum absolute atomic E-state index is 0.157. The van der Waals surface area contributed by atoms with Crippen LogP contribution in [0.4, 0.5) is 13.2 Å². The van der Waals surface area contributed by atoms with Gasteiger partial charge in [-0.1, -0.05) is 18.2 Å². The average Bonchev–Trinajstić information content (AvgIpc) is 3.25. The molecule has 144 valence electrons. The Hall–Kier alpha value is -3.29. The standard InChI is InChI=1S/C20H17F3N4O/c1-11(8-13-10-24-15-5-3-2-4-14(13)15)25-18(28)12-6-7-16-17(9-12)27-19(26-16)20(21,22)23/h2-7,9-11,24H,8H2,1H3,(H,25,28)(H,26,27)/t11-/m0/s1. The monoisotopic (exact) mass is 386 g/mol. The first kappa shape index (κ1) is 18.1. The Labute approximate surface area is 158 Å². The van der Waals surface area contributed by atoms with E-state index in [4.69, 9.17) is 0 Å². The van der Waals surface area contributed by atoms with Gasteiger partial charge in [-0.15, -0.1) is 0 Å². The molecule has 2 aromatic heterocycles. The summed E-state index contributed by atoms with van der Waals surface area (Å²) in [6.07, 6.45) is -2.02. The number of amides is 1. The summed E-state index contributed by atoms with van der Waals surface area (Å²) in [5.74, 6) is -1.43. The van der Waals surface area contributed by atoms with Crippen LogP contribution in [-0.4, -0.2) is 26.9 Å². The van der Waals surface area contributed by atoms with Crippen molar-refractivity contribution < 1.29 is 18.0 Å². The van der Waals surface area contributed by atoms with Gasteiger partial charge in [-0.3, -0.25) is 4.79 Å². The van der Waals surface area contributed by atoms with Gasteiger partial charge in [-0.05, 0) is 43.2 Å². The number of halogens is 3. The van der Waals surface area contributed by atoms with Gasteiger partial charge in [-0.25, -0.2) is 4.98 Å². The maximum absolute atomic E-state index is 12.8. The molecule has 4 aromatic rings. The van der Waals surface area contributed by atoms with E-state index in [9.17, 15) is 18.0 Å². The van der Waals surface area contributed by atoms with E-state index in [0.717, 1.165) is 16.5 Å². The van der Waals surface area contributed by atoms with E-state index < -0.39 is 12.0 Å². The number of alkyl halides is 3. The average molecular weight is 386 g/mol. The number of nitrogens with zero attached hydrogens (tertiary/aromatic N) is 1. The third-order valence-corrected chi connectivity index (χ3v) is 4.59. The number of nitrogens with one attached hydrogen (secondary N) is 3. The van der Waals surface area contributed by atoms with E-state index in [2.05, 4.69) is 20.3 Å². The maximum Gasteiger partial charge on any atom is 0.449 e. The molecule has 0 saturated heterocycles. The quantitative estimate of drug-likeness (QED) is 0.486. The van der Waals surface area contributed by atoms with Crippen LogP contribution in [0.25, 0.3) is 21.9 Å². The fraction of sp³-hybridized carbons (Fsp3) is 0.200. The van der Waals surface area contributed by atoms with Crippen molar-refractivity contribution in [2.24, 2.45) is 0 Å². The van der Waals surface area contributed by atoms with Crippen LogP contribution in [0.15, 0.2) is 48.7 Å². The van der Waals surface area contributed by atoms with Crippen molar-refractivity contribution in [3.8, 4) is 0 Å². The largest absolute Gasteiger partial charge is 0.449 e. The van der Waals surface area contributed by atoms with Gasteiger partial charge in [0.2, 0.25) is 5.82 Å². The van der Waals surface area contributed by atoms with E-state index in [-0.39, 0.29) is 28.5 Å². The van der Waals surface area contributed by atoms with E-state index in [0.29, 0.717) is 6.42 Å². The molecule has 2 aromatic carbocycles. The number of hydrogen-bond donors (Lipinski definition) is 3. The molecule has 8 heteroatoms. The number of para-hydroxylation sites is 1. The molecule has 0 aliphatic carbocycles. The van der Waals surface area contributed by atoms with E-state index in [1.54, 1.807) is 0 Å². The molecular weight excluding hydrogens is 369 g/mol. The van der Waals surface area contributed by atoms with Crippen LogP contribution in [0.3, 0.4) is 0 Å². The van der Waals surface area contributed by atoms with Crippen LogP contribution >= 0.6 is 0 Å². The molecule has 1 atom stereocenters. The van der Waals surface area contributed by atoms with Crippen molar-refractivity contribution in [3.63, 3.8) is 0 Å². The third-order valence-electron chi connectivity index (χ3n) is 4.59. The molecule has 1 amide bonds. The predicted octanol–water partition coefficient (Wildman–Crippen LogP) is 4.42. The smallest absolute Gasteiger partial charge is 0.361 e. The summed E-state index contributed by atoms with van der Waals surface area (Å²) in [7, 11) is 0. The van der Waals surface area contributed by atoms with E-state index >= 15 is 0 Å². The number of carbonyl (C=O) groups is 1. The van der Waals surface area contributed by atoms with Crippen LogP contribution in [0, 0.1) is 0 Å². The second-order valence-corrected chi connectivity index (χ2v) is 6.75. The first-order valence-electron chi connectivity index (χ1n) is 8.74. The number of carbonyl (C=O) groups excluding carboxylic acids is 1. The lowest BCUT2D eigenvalue weighted by Gasteiger charge is -2.13. The zero-order chi connectivity index (χ0) is 19.9. The number of benzene rings is 2. The summed E-state index contributed by atoms with van der Waals surface area (Å²) >= 11 is 0. The molecule has 0 fully saturated rings. The highest BCUT2D eigenvalue weighted by Gasteiger charge is 2.34. The molecule has 0 radical (unpaired) electrons. The summed E-state index contributed by atoms with van der Waals surface area (Å²) in [5.41, 5.74) is 2.72. The fourth-order valence-electron chi connectivity index (χ4n) is 3.27. The Morgan fingerprint density at radius 1 is 1.18 bits per heavy atom. The summed E-state index contributed by atoms with van der Waals surface area (Å²) in [5, 5.41) is 3.99. The molecule has 0 aliphatic heterocycles. The van der Waals surface area contributed by atoms with Gasteiger partial charge in [0.1, 0.15) is 0 Å². The summed E-state index contributed by atoms with van der Waals surface area (Å²) in [6, 6.07) is 12.0. The number of rotatable bonds is 4. The van der Waals surface area contributed by atoms with Crippen LogP contribution in [0.5, 0.6) is 0 Å². The van der Waals surface area contributed by atoms with Crippen molar-refractivity contribution in [3.05, 3.63) is 65.6 Å². The highest BCUT2D eigenvalue weighted by atomic mass is 19.4. The summed E-state index contributed by atoms with van der Waals surface area (Å²) < 4.78 is 38.3. The van der Waals surface area contributed by atoms with E-state index in [1.807, 2.05) is 37.4 Å². The Morgan fingerprint density at radius 2 is 1.96 bits per heavy atom. The first-order valence-corrected chi connectivity index (χ1v) is 8.74. The minimum atomic E-state index is -4.56. The molecule has 0 bridgehead atoms. The molecule has 3 N–H and O–H groups in total. The Morgan fingerprint density at radius 3 is 2.75 bits per heavy atom. The third kappa shape index (κ3) is 3.45. The van der Waals surface area contributed by atoms with Gasteiger partial charge in [0.05, 0.1) is 11.0 Å². The van der Waals surface area contributed by atoms with Crippen LogP contribution in [0.2, 0.25) is 0 Å². The van der Waals surface area contributed by atoms with Gasteiger partial charge in [0, 0.05) is 28.7 Å². The molecule has 0 aliphatic rings. The fourth-order valence-corrected chi connectivity index (χ4v) is 3.27. The van der Waals surface area contributed by atoms with E-state index in [1.165, 1.54) is 18.2 Å². The first-order chi connectivity index (χ1) is 13.3. The number of aromatic nitrogens is 3. The zero-order valence-electron chi connectivity index (χ0n) is 14.9. The Kier molecular flexibility index (Phi) is 4.33. The number of fused-ring (bicyclic) bond motifs is 2. The Bertz CT molecular complexity index is 1160. The van der Waals surface area contributed by atoms with Gasteiger partial charge in [0.15, 0.2) is 0 Å². The lowest BCUT2D eigenvalue weighted by Crippen LogP contribution is -2.34. The zero-order valence-corrected chi connectivity index (χ0v) is 14.9. The van der Waals surface area contributed by atoms with Gasteiger partial charge < -0.3 is 15.3 Å². The van der Waals surface area contributed by atoms with Crippen molar-refractivity contribution in [1.82, 2.24) is 20.3 Å². The number of imidazole rings is 1. The normalized spacial score (nSPS) is 13.1. The van der Waals surface area contributed by atoms with Gasteiger partial charge in [0.25, 0.3) is 5.91 Å². The molecular formula is C20H17F3N4O. The summed E-state index contributed by atoms with van der Waals surface area (Å²) in [4.78, 5) is 21.4. The molecule has 0 saturated carbocycles. The lowest BCUT2D eigenvalue weighted by atomic mass is 10.1. The maximum atomic E-state index is 12.8. The molecule has 0 unspecified atom stereocenters. The lowest BCUT2D eigenvalue weighted by molar-refractivity contribution is -0.144. The number of aromatic amines is 2. The molecule has 5 nitrogen and oxygen atoms in total. The SMILES string of the molecule is C[C@@H](Cc1c[nH]c2ccccc12)NC(=O)c1ccc2nc(C(F)(F)F)[nH]c2c1. The second kappa shape index (κ2) is 6.70. The highest BCUT2D eigenvalue weighted by molar-refractivity contribution is 5.97. The van der Waals surface area contributed by atoms with Crippen molar-refractivity contribution in [1.29, 1.82) is 0 Å². The molecule has 2 heterocycles. The van der Waals surface area contributed by atoms with Crippen LogP contribution < -0.4 is 5.32 Å².